The van der Waals surface area contributed by atoms with E-state index >= 15 is 0 Å². The summed E-state index contributed by atoms with van der Waals surface area (Å²) in [6.07, 6.45) is 1.92. The van der Waals surface area contributed by atoms with Gasteiger partial charge in [-0.15, -0.1) is 0 Å². The van der Waals surface area contributed by atoms with Crippen molar-refractivity contribution in [1.29, 1.82) is 0 Å². The van der Waals surface area contributed by atoms with Crippen molar-refractivity contribution < 1.29 is 0 Å². The zero-order valence-corrected chi connectivity index (χ0v) is 34.1. The van der Waals surface area contributed by atoms with Gasteiger partial charge in [-0.25, -0.2) is 4.98 Å². The lowest BCUT2D eigenvalue weighted by molar-refractivity contribution is 0.660. The quantitative estimate of drug-likeness (QED) is 0.174. The maximum absolute atomic E-state index is 5.11. The Labute approximate surface area is 342 Å². The Bertz CT molecular complexity index is 2860. The van der Waals surface area contributed by atoms with E-state index in [4.69, 9.17) is 4.98 Å². The van der Waals surface area contributed by atoms with Crippen molar-refractivity contribution in [3.8, 4) is 55.6 Å². The lowest BCUT2D eigenvalue weighted by Crippen LogP contribution is -2.18. The maximum atomic E-state index is 5.11. The number of rotatable bonds is 5. The Morgan fingerprint density at radius 1 is 0.345 bits per heavy atom. The standard InChI is InChI=1S/C56H46N2/c1-54(2)46-21-10-7-16-40(46)43-28-25-35(32-49(43)54)38-19-15-20-39(36-26-29-44-41-17-8-11-22-47(41)55(3,4)50(44)33-36)53(38)58(52-24-13-14-31-57-52)37-27-30-45-42-18-9-12-23-48(42)56(5,6)51(45)34-37/h7-34H,1-6H3. The first-order valence-corrected chi connectivity index (χ1v) is 20.6. The van der Waals surface area contributed by atoms with Gasteiger partial charge in [0, 0.05) is 39.3 Å². The largest absolute Gasteiger partial charge is 0.294 e. The van der Waals surface area contributed by atoms with E-state index in [1.807, 2.05) is 12.3 Å². The summed E-state index contributed by atoms with van der Waals surface area (Å²) in [5.41, 5.74) is 22.7. The first kappa shape index (κ1) is 34.7. The Morgan fingerprint density at radius 2 is 0.741 bits per heavy atom. The van der Waals surface area contributed by atoms with Crippen molar-refractivity contribution >= 4 is 17.2 Å². The highest BCUT2D eigenvalue weighted by molar-refractivity contribution is 5.99. The van der Waals surface area contributed by atoms with Crippen LogP contribution in [0, 0.1) is 0 Å². The average molecular weight is 747 g/mol. The highest BCUT2D eigenvalue weighted by Crippen LogP contribution is 2.55. The van der Waals surface area contributed by atoms with Gasteiger partial charge >= 0.3 is 0 Å². The lowest BCUT2D eigenvalue weighted by atomic mass is 9.80. The molecule has 1 aromatic heterocycles. The first-order valence-electron chi connectivity index (χ1n) is 20.6. The molecule has 7 aromatic carbocycles. The molecule has 2 nitrogen and oxygen atoms in total. The smallest absolute Gasteiger partial charge is 0.137 e. The number of hydrogen-bond acceptors (Lipinski definition) is 2. The summed E-state index contributed by atoms with van der Waals surface area (Å²) in [4.78, 5) is 7.53. The highest BCUT2D eigenvalue weighted by Gasteiger charge is 2.39. The Balaban J connectivity index is 1.18. The third-order valence-corrected chi connectivity index (χ3v) is 13.8. The number of anilines is 3. The van der Waals surface area contributed by atoms with Gasteiger partial charge in [0.05, 0.1) is 5.69 Å². The highest BCUT2D eigenvalue weighted by atomic mass is 15.2. The van der Waals surface area contributed by atoms with Gasteiger partial charge in [-0.2, -0.15) is 0 Å². The van der Waals surface area contributed by atoms with Gasteiger partial charge in [0.1, 0.15) is 5.82 Å². The zero-order valence-electron chi connectivity index (χ0n) is 34.1. The fourth-order valence-electron chi connectivity index (χ4n) is 10.7. The molecule has 0 bridgehead atoms. The van der Waals surface area contributed by atoms with Crippen molar-refractivity contribution in [2.45, 2.75) is 57.8 Å². The first-order chi connectivity index (χ1) is 28.0. The summed E-state index contributed by atoms with van der Waals surface area (Å²) >= 11 is 0. The van der Waals surface area contributed by atoms with Crippen LogP contribution in [0.3, 0.4) is 0 Å². The molecule has 0 spiro atoms. The summed E-state index contributed by atoms with van der Waals surface area (Å²) in [5, 5.41) is 0. The minimum atomic E-state index is -0.152. The van der Waals surface area contributed by atoms with Crippen molar-refractivity contribution in [3.05, 3.63) is 203 Å². The van der Waals surface area contributed by atoms with Crippen LogP contribution in [0.15, 0.2) is 170 Å². The van der Waals surface area contributed by atoms with Gasteiger partial charge in [-0.3, -0.25) is 4.90 Å². The van der Waals surface area contributed by atoms with E-state index in [0.717, 1.165) is 17.2 Å². The van der Waals surface area contributed by atoms with Crippen molar-refractivity contribution in [1.82, 2.24) is 4.98 Å². The molecule has 0 saturated carbocycles. The van der Waals surface area contributed by atoms with Crippen molar-refractivity contribution in [2.75, 3.05) is 4.90 Å². The molecule has 1 heterocycles. The van der Waals surface area contributed by atoms with Crippen LogP contribution in [0.25, 0.3) is 55.6 Å². The summed E-state index contributed by atoms with van der Waals surface area (Å²) in [6.45, 7) is 14.2. The van der Waals surface area contributed by atoms with Crippen LogP contribution in [0.5, 0.6) is 0 Å². The third kappa shape index (κ3) is 4.81. The van der Waals surface area contributed by atoms with Gasteiger partial charge in [-0.05, 0) is 114 Å². The summed E-state index contributed by atoms with van der Waals surface area (Å²) in [7, 11) is 0. The van der Waals surface area contributed by atoms with E-state index in [9.17, 15) is 0 Å². The number of hydrogen-bond donors (Lipinski definition) is 0. The van der Waals surface area contributed by atoms with Gasteiger partial charge in [-0.1, -0.05) is 169 Å². The summed E-state index contributed by atoms with van der Waals surface area (Å²) in [5.74, 6) is 0.882. The molecule has 0 fully saturated rings. The SMILES string of the molecule is CC1(C)c2ccccc2-c2ccc(-c3cccc(-c4ccc5c(c4)C(C)(C)c4ccccc4-5)c3N(c3ccc4c(c3)C(C)(C)c3ccccc3-4)c3ccccn3)cc21. The zero-order chi connectivity index (χ0) is 39.6. The number of benzene rings is 7. The number of nitrogens with zero attached hydrogens (tertiary/aromatic N) is 2. The van der Waals surface area contributed by atoms with E-state index in [1.165, 1.54) is 89.0 Å². The van der Waals surface area contributed by atoms with Gasteiger partial charge in [0.2, 0.25) is 0 Å². The van der Waals surface area contributed by atoms with Crippen molar-refractivity contribution in [2.24, 2.45) is 0 Å². The van der Waals surface area contributed by atoms with Crippen LogP contribution in [0.2, 0.25) is 0 Å². The molecule has 3 aliphatic carbocycles. The molecule has 0 unspecified atom stereocenters. The maximum Gasteiger partial charge on any atom is 0.137 e. The van der Waals surface area contributed by atoms with Gasteiger partial charge < -0.3 is 0 Å². The molecule has 0 amide bonds. The number of fused-ring (bicyclic) bond motifs is 9. The van der Waals surface area contributed by atoms with Crippen LogP contribution >= 0.6 is 0 Å². The predicted octanol–water partition coefficient (Wildman–Crippen LogP) is 14.8. The molecule has 8 aromatic rings. The van der Waals surface area contributed by atoms with E-state index in [0.29, 0.717) is 0 Å². The fourth-order valence-corrected chi connectivity index (χ4v) is 10.7. The lowest BCUT2D eigenvalue weighted by Gasteiger charge is -2.31. The second kappa shape index (κ2) is 12.2. The average Bonchev–Trinajstić information content (AvgIpc) is 3.73. The molecule has 280 valence electrons. The molecule has 58 heavy (non-hydrogen) atoms. The molecule has 11 rings (SSSR count). The number of aromatic nitrogens is 1. The number of para-hydroxylation sites is 1. The second-order valence-electron chi connectivity index (χ2n) is 18.0. The van der Waals surface area contributed by atoms with Gasteiger partial charge in [0.15, 0.2) is 0 Å². The minimum Gasteiger partial charge on any atom is -0.294 e. The molecule has 3 aliphatic rings. The van der Waals surface area contributed by atoms with Gasteiger partial charge in [0.25, 0.3) is 0 Å². The molecule has 0 radical (unpaired) electrons. The monoisotopic (exact) mass is 746 g/mol. The van der Waals surface area contributed by atoms with Crippen LogP contribution in [0.1, 0.15) is 74.9 Å². The van der Waals surface area contributed by atoms with E-state index < -0.39 is 0 Å². The molecule has 0 saturated heterocycles. The molecular formula is C56H46N2. The van der Waals surface area contributed by atoms with Crippen LogP contribution in [0.4, 0.5) is 17.2 Å². The van der Waals surface area contributed by atoms with Crippen LogP contribution in [-0.2, 0) is 16.2 Å². The summed E-state index contributed by atoms with van der Waals surface area (Å²) < 4.78 is 0. The summed E-state index contributed by atoms with van der Waals surface area (Å²) in [6, 6.07) is 61.2. The predicted molar refractivity (Wildman–Crippen MR) is 242 cm³/mol. The van der Waals surface area contributed by atoms with E-state index in [-0.39, 0.29) is 16.2 Å². The molecule has 0 atom stereocenters. The Kier molecular flexibility index (Phi) is 7.33. The minimum absolute atomic E-state index is 0.123. The number of pyridine rings is 1. The second-order valence-corrected chi connectivity index (χ2v) is 18.0. The Hall–Kier alpha value is -6.51. The van der Waals surface area contributed by atoms with Crippen LogP contribution in [-0.4, -0.2) is 4.98 Å². The van der Waals surface area contributed by atoms with E-state index in [2.05, 4.69) is 204 Å². The topological polar surface area (TPSA) is 16.1 Å². The third-order valence-electron chi connectivity index (χ3n) is 13.8. The molecular weight excluding hydrogens is 701 g/mol. The fraction of sp³-hybridized carbons (Fsp3) is 0.161. The normalized spacial score (nSPS) is 15.5. The van der Waals surface area contributed by atoms with Crippen molar-refractivity contribution in [3.63, 3.8) is 0 Å². The van der Waals surface area contributed by atoms with E-state index in [1.54, 1.807) is 0 Å². The Morgan fingerprint density at radius 3 is 1.21 bits per heavy atom. The molecule has 2 heteroatoms. The molecule has 0 aliphatic heterocycles. The van der Waals surface area contributed by atoms with Crippen LogP contribution < -0.4 is 4.90 Å². The molecule has 0 N–H and O–H groups in total.